The van der Waals surface area contributed by atoms with E-state index < -0.39 is 40.9 Å². The topological polar surface area (TPSA) is 25.4 Å². The average Bonchev–Trinajstić information content (AvgIpc) is 1.50. The smallest absolute Gasteiger partial charge is 0.0137 e. The molecule has 0 N–H and O–H groups in total. The van der Waals surface area contributed by atoms with Crippen LogP contribution in [0.5, 0.6) is 11.5 Å². The van der Waals surface area contributed by atoms with Gasteiger partial charge in [-0.05, 0) is 78.9 Å². The van der Waals surface area contributed by atoms with Crippen molar-refractivity contribution in [2.24, 2.45) is 0 Å². The Kier molecular flexibility index (Phi) is 15.6. The van der Waals surface area contributed by atoms with Gasteiger partial charge in [0.1, 0.15) is 0 Å². The maximum atomic E-state index is 7.54. The maximum Gasteiger partial charge on any atom is -0.0137 e. The number of benzene rings is 14. The third-order valence-electron chi connectivity index (χ3n) is 16.7. The number of nitrogens with zero attached hydrogens (tertiary/aromatic N) is 5. The summed E-state index contributed by atoms with van der Waals surface area (Å²) in [6.07, 6.45) is 0. The molecule has 2 heterocycles. The second-order valence-corrected chi connectivity index (χ2v) is 28.7. The summed E-state index contributed by atoms with van der Waals surface area (Å²) < 4.78 is 13.3. The minimum atomic E-state index is -0.616. The van der Waals surface area contributed by atoms with Gasteiger partial charge < -0.3 is 9.80 Å². The van der Waals surface area contributed by atoms with Crippen LogP contribution in [-0.2, 0) is 0 Å². The van der Waals surface area contributed by atoms with Gasteiger partial charge in [-0.25, -0.2) is 0 Å². The van der Waals surface area contributed by atoms with Gasteiger partial charge in [0, 0.05) is 28.4 Å². The molecule has 16 rings (SSSR count). The fourth-order valence-corrected chi connectivity index (χ4v) is 19.2. The standard InChI is InChI=1S/C84H59N5OTe2/c1-8-29-60(30-9-1)85(61-31-10-2-11-32-61)68-53-69(86(62-33-12-3-13-34-62)63-35-14-4-15-36-63)55-70(54-68)87(64-37-16-5-17-38-64)67-43-26-44-73(57-67)90-74-58-71(88(65-39-18-6-19-40-65)77-47-27-51-81-83(77)75-45-22-24-49-79(75)91-81)56-72(59-74)89(66-41-20-7-21-42-66)78-48-28-52-82-84(78)76-46-23-25-50-80(76)92-82/h1-59H. The van der Waals surface area contributed by atoms with Gasteiger partial charge in [-0.3, -0.25) is 0 Å². The van der Waals surface area contributed by atoms with Gasteiger partial charge in [-0.15, -0.1) is 0 Å². The summed E-state index contributed by atoms with van der Waals surface area (Å²) in [6.45, 7) is 0. The Labute approximate surface area is 555 Å². The number of hydrogen-bond donors (Lipinski definition) is 0. The van der Waals surface area contributed by atoms with Gasteiger partial charge in [-0.1, -0.05) is 91.0 Å². The molecule has 438 valence electrons. The molecular formula is C84H59N5OTe2. The van der Waals surface area contributed by atoms with Crippen LogP contribution >= 0.6 is 0 Å². The molecule has 2 aromatic heterocycles. The number of anilines is 15. The van der Waals surface area contributed by atoms with Crippen molar-refractivity contribution in [3.63, 3.8) is 0 Å². The molecule has 0 fully saturated rings. The van der Waals surface area contributed by atoms with E-state index in [-0.39, 0.29) is 0 Å². The summed E-state index contributed by atoms with van der Waals surface area (Å²) in [5, 5.41) is 5.24. The predicted octanol–water partition coefficient (Wildman–Crippen LogP) is 23.6. The zero-order valence-electron chi connectivity index (χ0n) is 50.0. The van der Waals surface area contributed by atoms with Gasteiger partial charge in [0.15, 0.2) is 0 Å². The predicted molar refractivity (Wildman–Crippen MR) is 390 cm³/mol. The molecule has 14 aromatic carbocycles. The van der Waals surface area contributed by atoms with E-state index >= 15 is 0 Å². The van der Waals surface area contributed by atoms with E-state index in [9.17, 15) is 0 Å². The quantitative estimate of drug-likeness (QED) is 0.0843. The van der Waals surface area contributed by atoms with Crippen molar-refractivity contribution in [2.45, 2.75) is 0 Å². The van der Waals surface area contributed by atoms with Crippen LogP contribution < -0.4 is 29.2 Å². The first-order chi connectivity index (χ1) is 45.6. The molecule has 0 aliphatic heterocycles. The van der Waals surface area contributed by atoms with Crippen molar-refractivity contribution in [1.82, 2.24) is 0 Å². The minimum absolute atomic E-state index is 0.616. The van der Waals surface area contributed by atoms with Crippen molar-refractivity contribution < 1.29 is 4.74 Å². The Morgan fingerprint density at radius 2 is 0.446 bits per heavy atom. The van der Waals surface area contributed by atoms with Crippen LogP contribution in [0.25, 0.3) is 35.2 Å². The van der Waals surface area contributed by atoms with Crippen molar-refractivity contribution in [3.05, 3.63) is 358 Å². The molecule has 6 nitrogen and oxygen atoms in total. The van der Waals surface area contributed by atoms with Crippen LogP contribution in [0.3, 0.4) is 0 Å². The summed E-state index contributed by atoms with van der Waals surface area (Å²) in [6, 6.07) is 129. The van der Waals surface area contributed by atoms with Gasteiger partial charge in [0.25, 0.3) is 0 Å². The van der Waals surface area contributed by atoms with Crippen LogP contribution in [0.1, 0.15) is 0 Å². The number of hydrogen-bond acceptors (Lipinski definition) is 6. The molecular weight excluding hydrogens is 1350 g/mol. The van der Waals surface area contributed by atoms with Crippen molar-refractivity contribution >= 4 is 161 Å². The van der Waals surface area contributed by atoms with Crippen molar-refractivity contribution in [3.8, 4) is 11.5 Å². The van der Waals surface area contributed by atoms with Crippen molar-refractivity contribution in [1.29, 1.82) is 0 Å². The summed E-state index contributed by atoms with van der Waals surface area (Å²) in [4.78, 5) is 11.9. The molecule has 92 heavy (non-hydrogen) atoms. The first-order valence-corrected chi connectivity index (χ1v) is 35.5. The van der Waals surface area contributed by atoms with Gasteiger partial charge in [0.05, 0.1) is 17.1 Å². The van der Waals surface area contributed by atoms with Crippen molar-refractivity contribution in [2.75, 3.05) is 24.5 Å². The van der Waals surface area contributed by atoms with Crippen LogP contribution in [0.15, 0.2) is 358 Å². The second kappa shape index (κ2) is 25.4. The Hall–Kier alpha value is -10.5. The Balaban J connectivity index is 0.905. The van der Waals surface area contributed by atoms with Gasteiger partial charge in [0.2, 0.25) is 0 Å². The third-order valence-corrected chi connectivity index (χ3v) is 23.2. The molecule has 0 atom stereocenters. The summed E-state index contributed by atoms with van der Waals surface area (Å²) in [5.41, 5.74) is 15.3. The number of fused-ring (bicyclic) bond motifs is 6. The van der Waals surface area contributed by atoms with Crippen LogP contribution in [0.2, 0.25) is 0 Å². The van der Waals surface area contributed by atoms with Crippen LogP contribution in [-0.4, -0.2) is 40.9 Å². The number of para-hydroxylation sites is 7. The van der Waals surface area contributed by atoms with E-state index in [0.717, 1.165) is 85.3 Å². The molecule has 0 bridgehead atoms. The molecule has 0 radical (unpaired) electrons. The largest absolute Gasteiger partial charge is 0.0602 e. The van der Waals surface area contributed by atoms with E-state index in [1.165, 1.54) is 35.2 Å². The first-order valence-electron chi connectivity index (χ1n) is 30.9. The molecule has 0 saturated carbocycles. The van der Waals surface area contributed by atoms with E-state index in [2.05, 4.69) is 382 Å². The number of rotatable bonds is 17. The monoisotopic (exact) mass is 1410 g/mol. The second-order valence-electron chi connectivity index (χ2n) is 22.5. The molecule has 8 heteroatoms. The number of ether oxygens (including phenoxy) is 1. The Morgan fingerprint density at radius 3 is 0.804 bits per heavy atom. The first kappa shape index (κ1) is 56.7. The maximum absolute atomic E-state index is 7.54. The third kappa shape index (κ3) is 11.1. The fraction of sp³-hybridized carbons (Fsp3) is 0. The van der Waals surface area contributed by atoms with Gasteiger partial charge >= 0.3 is 335 Å². The van der Waals surface area contributed by atoms with Crippen LogP contribution in [0, 0.1) is 0 Å². The zero-order valence-corrected chi connectivity index (χ0v) is 54.7. The molecule has 0 aliphatic rings. The summed E-state index contributed by atoms with van der Waals surface area (Å²) >= 11 is -1.23. The fourth-order valence-electron chi connectivity index (χ4n) is 12.8. The Bertz CT molecular complexity index is 4870. The van der Waals surface area contributed by atoms with E-state index in [1.807, 2.05) is 0 Å². The molecule has 0 unspecified atom stereocenters. The minimum Gasteiger partial charge on any atom is -0.0602 e. The average molecular weight is 1410 g/mol. The zero-order chi connectivity index (χ0) is 61.2. The van der Waals surface area contributed by atoms with E-state index in [1.54, 1.807) is 0 Å². The molecule has 0 saturated heterocycles. The summed E-state index contributed by atoms with van der Waals surface area (Å²) in [7, 11) is 0. The normalized spacial score (nSPS) is 11.3. The SMILES string of the molecule is c1ccc(N(c2ccccc2)c2cc(N(c3ccccc3)c3ccccc3)cc(N(c3ccccc3)c3cccc(Oc4cc(N(c5ccccc5)c5cccc6[te]c7ccccc7c56)cc(N(c5ccccc5)c5cccc6[te]c7ccccc7c56)c4)c3)c2)cc1. The molecule has 0 spiro atoms. The van der Waals surface area contributed by atoms with Crippen LogP contribution in [0.4, 0.5) is 85.3 Å². The molecule has 0 aliphatic carbocycles. The van der Waals surface area contributed by atoms with E-state index in [4.69, 9.17) is 4.74 Å². The van der Waals surface area contributed by atoms with E-state index in [0.29, 0.717) is 11.5 Å². The summed E-state index contributed by atoms with van der Waals surface area (Å²) in [5.74, 6) is 1.38. The van der Waals surface area contributed by atoms with Gasteiger partial charge in [-0.2, -0.15) is 0 Å². The molecule has 16 aromatic rings. The molecule has 0 amide bonds. The Morgan fingerprint density at radius 1 is 0.185 bits per heavy atom.